The van der Waals surface area contributed by atoms with E-state index in [2.05, 4.69) is 9.88 Å². The molecule has 8 heteroatoms. The fourth-order valence-corrected chi connectivity index (χ4v) is 4.77. The minimum Gasteiger partial charge on any atom is -0.496 e. The van der Waals surface area contributed by atoms with Crippen LogP contribution in [0.1, 0.15) is 24.0 Å². The van der Waals surface area contributed by atoms with E-state index in [0.717, 1.165) is 60.3 Å². The quantitative estimate of drug-likeness (QED) is 0.792. The van der Waals surface area contributed by atoms with Gasteiger partial charge in [0.05, 0.1) is 23.6 Å². The molecule has 1 aromatic heterocycles. The number of hydrogen-bond donors (Lipinski definition) is 1. The number of likely N-dealkylation sites (tertiary alicyclic amines) is 2. The Morgan fingerprint density at radius 2 is 1.93 bits per heavy atom. The molecule has 0 bridgehead atoms. The molecule has 28 heavy (non-hydrogen) atoms. The van der Waals surface area contributed by atoms with Gasteiger partial charge in [-0.05, 0) is 44.5 Å². The first-order chi connectivity index (χ1) is 13.3. The summed E-state index contributed by atoms with van der Waals surface area (Å²) in [5, 5.41) is 1.68. The number of nitrogens with zero attached hydrogens (tertiary/aromatic N) is 2. The van der Waals surface area contributed by atoms with Gasteiger partial charge >= 0.3 is 6.18 Å². The van der Waals surface area contributed by atoms with Gasteiger partial charge in [-0.15, -0.1) is 0 Å². The third-order valence-corrected chi connectivity index (χ3v) is 6.52. The molecule has 0 radical (unpaired) electrons. The number of fused-ring (bicyclic) bond motifs is 1. The zero-order chi connectivity index (χ0) is 20.1. The van der Waals surface area contributed by atoms with Crippen LogP contribution in [0.15, 0.2) is 12.3 Å². The number of ether oxygens (including phenoxy) is 1. The van der Waals surface area contributed by atoms with Gasteiger partial charge in [-0.25, -0.2) is 0 Å². The molecule has 0 amide bonds. The lowest BCUT2D eigenvalue weighted by molar-refractivity contribution is -0.215. The van der Waals surface area contributed by atoms with Crippen molar-refractivity contribution in [2.45, 2.75) is 38.5 Å². The smallest absolute Gasteiger partial charge is 0.394 e. The summed E-state index contributed by atoms with van der Waals surface area (Å²) in [5.74, 6) is -0.323. The molecule has 2 aliphatic rings. The van der Waals surface area contributed by atoms with Crippen molar-refractivity contribution in [2.24, 2.45) is 5.92 Å². The summed E-state index contributed by atoms with van der Waals surface area (Å²) in [6.07, 6.45) is -0.471. The Labute approximate surface area is 167 Å². The summed E-state index contributed by atoms with van der Waals surface area (Å²) in [4.78, 5) is 7.56. The van der Waals surface area contributed by atoms with Gasteiger partial charge in [-0.1, -0.05) is 11.6 Å². The van der Waals surface area contributed by atoms with Gasteiger partial charge in [-0.2, -0.15) is 13.2 Å². The highest BCUT2D eigenvalue weighted by atomic mass is 35.5. The minimum atomic E-state index is -4.06. The number of piperidine rings is 1. The molecule has 0 spiro atoms. The summed E-state index contributed by atoms with van der Waals surface area (Å²) in [7, 11) is 1.66. The monoisotopic (exact) mass is 415 g/mol. The molecule has 0 unspecified atom stereocenters. The number of nitrogens with one attached hydrogen (secondary N) is 1. The second-order valence-corrected chi connectivity index (χ2v) is 8.37. The van der Waals surface area contributed by atoms with Crippen LogP contribution in [0.3, 0.4) is 0 Å². The number of methoxy groups -OCH3 is 1. The fraction of sp³-hybridized carbons (Fsp3) is 0.600. The van der Waals surface area contributed by atoms with E-state index in [-0.39, 0.29) is 19.1 Å². The first kappa shape index (κ1) is 19.9. The van der Waals surface area contributed by atoms with E-state index in [1.54, 1.807) is 13.3 Å². The van der Waals surface area contributed by atoms with E-state index in [1.807, 2.05) is 17.9 Å². The largest absolute Gasteiger partial charge is 0.496 e. The van der Waals surface area contributed by atoms with Gasteiger partial charge in [0, 0.05) is 42.8 Å². The molecule has 0 atom stereocenters. The van der Waals surface area contributed by atoms with Crippen LogP contribution in [-0.4, -0.2) is 60.3 Å². The molecular weight excluding hydrogens is 391 g/mol. The Morgan fingerprint density at radius 3 is 2.54 bits per heavy atom. The molecular formula is C20H25ClF3N3O. The third kappa shape index (κ3) is 3.60. The van der Waals surface area contributed by atoms with E-state index < -0.39 is 12.1 Å². The molecule has 2 aromatic rings. The van der Waals surface area contributed by atoms with Crippen molar-refractivity contribution >= 4 is 22.5 Å². The van der Waals surface area contributed by atoms with Gasteiger partial charge in [0.1, 0.15) is 5.75 Å². The Balaban J connectivity index is 1.42. The van der Waals surface area contributed by atoms with Crippen LogP contribution in [0, 0.1) is 12.8 Å². The summed E-state index contributed by atoms with van der Waals surface area (Å²) >= 11 is 6.43. The maximum atomic E-state index is 12.7. The molecule has 0 saturated carbocycles. The Morgan fingerprint density at radius 1 is 1.25 bits per heavy atom. The molecule has 1 aromatic carbocycles. The highest BCUT2D eigenvalue weighted by molar-refractivity contribution is 6.36. The number of alkyl halides is 3. The lowest BCUT2D eigenvalue weighted by Gasteiger charge is -2.47. The van der Waals surface area contributed by atoms with Gasteiger partial charge in [-0.3, -0.25) is 9.80 Å². The summed E-state index contributed by atoms with van der Waals surface area (Å²) < 4.78 is 43.8. The predicted octanol–water partition coefficient (Wildman–Crippen LogP) is 4.60. The average molecular weight is 416 g/mol. The normalized spacial score (nSPS) is 20.6. The van der Waals surface area contributed by atoms with Crippen LogP contribution < -0.4 is 4.74 Å². The van der Waals surface area contributed by atoms with Gasteiger partial charge in [0.2, 0.25) is 0 Å². The lowest BCUT2D eigenvalue weighted by atomic mass is 9.92. The Hall–Kier alpha value is -1.44. The number of halogens is 4. The number of rotatable bonds is 4. The number of H-pyrrole nitrogens is 1. The third-order valence-electron chi connectivity index (χ3n) is 6.22. The van der Waals surface area contributed by atoms with Crippen molar-refractivity contribution in [3.63, 3.8) is 0 Å². The summed E-state index contributed by atoms with van der Waals surface area (Å²) in [6, 6.07) is 2.28. The predicted molar refractivity (Wildman–Crippen MR) is 104 cm³/mol. The first-order valence-corrected chi connectivity index (χ1v) is 10.0. The number of aromatic amines is 1. The molecule has 4 nitrogen and oxygen atoms in total. The first-order valence-electron chi connectivity index (χ1n) is 9.64. The lowest BCUT2D eigenvalue weighted by Crippen LogP contribution is -2.59. The van der Waals surface area contributed by atoms with Crippen LogP contribution >= 0.6 is 11.6 Å². The number of aromatic nitrogens is 1. The zero-order valence-electron chi connectivity index (χ0n) is 16.1. The van der Waals surface area contributed by atoms with E-state index >= 15 is 0 Å². The molecule has 1 N–H and O–H groups in total. The zero-order valence-corrected chi connectivity index (χ0v) is 16.8. The number of hydrogen-bond acceptors (Lipinski definition) is 3. The van der Waals surface area contributed by atoms with Crippen molar-refractivity contribution in [3.05, 3.63) is 28.4 Å². The van der Waals surface area contributed by atoms with Crippen LogP contribution in [0.2, 0.25) is 5.02 Å². The summed E-state index contributed by atoms with van der Waals surface area (Å²) in [5.41, 5.74) is 3.17. The number of aryl methyl sites for hydroxylation is 1. The Bertz CT molecular complexity index is 852. The second kappa shape index (κ2) is 7.43. The second-order valence-electron chi connectivity index (χ2n) is 7.96. The van der Waals surface area contributed by atoms with E-state index in [4.69, 9.17) is 16.3 Å². The highest BCUT2D eigenvalue weighted by Gasteiger charge is 2.48. The van der Waals surface area contributed by atoms with Crippen LogP contribution in [0.25, 0.3) is 10.9 Å². The average Bonchev–Trinajstić information content (AvgIpc) is 2.98. The summed E-state index contributed by atoms with van der Waals surface area (Å²) in [6.45, 7) is 4.76. The molecule has 3 heterocycles. The molecule has 2 saturated heterocycles. The van der Waals surface area contributed by atoms with Gasteiger partial charge < -0.3 is 9.72 Å². The van der Waals surface area contributed by atoms with Crippen LogP contribution in [0.5, 0.6) is 5.75 Å². The molecule has 2 aliphatic heterocycles. The molecule has 2 fully saturated rings. The maximum absolute atomic E-state index is 12.7. The molecule has 0 aliphatic carbocycles. The maximum Gasteiger partial charge on any atom is 0.394 e. The van der Waals surface area contributed by atoms with Crippen molar-refractivity contribution in [1.82, 2.24) is 14.8 Å². The topological polar surface area (TPSA) is 31.5 Å². The van der Waals surface area contributed by atoms with Crippen LogP contribution in [0.4, 0.5) is 13.2 Å². The minimum absolute atomic E-state index is 0.152. The fourth-order valence-electron chi connectivity index (χ4n) is 4.51. The Kier molecular flexibility index (Phi) is 5.27. The van der Waals surface area contributed by atoms with Crippen molar-refractivity contribution in [3.8, 4) is 5.75 Å². The standard InChI is InChI=1S/C20H25ClF3N3O/c1-12-7-17(28-2)15(18-16(21)8-25-19(12)18)11-26-5-3-14(4-6-26)27-9-13(10-27)20(22,23)24/h7-8,13-14,25H,3-6,9-11H2,1-2H3. The molecule has 4 rings (SSSR count). The van der Waals surface area contributed by atoms with Gasteiger partial charge in [0.15, 0.2) is 0 Å². The van der Waals surface area contributed by atoms with Crippen molar-refractivity contribution in [2.75, 3.05) is 33.3 Å². The van der Waals surface area contributed by atoms with Crippen molar-refractivity contribution < 1.29 is 17.9 Å². The SMILES string of the molecule is COc1cc(C)c2[nH]cc(Cl)c2c1CN1CCC(N2CC(C(F)(F)F)C2)CC1. The van der Waals surface area contributed by atoms with E-state index in [1.165, 1.54) is 0 Å². The highest BCUT2D eigenvalue weighted by Crippen LogP contribution is 2.38. The molecule has 154 valence electrons. The van der Waals surface area contributed by atoms with Crippen LogP contribution in [-0.2, 0) is 6.54 Å². The van der Waals surface area contributed by atoms with Gasteiger partial charge in [0.25, 0.3) is 0 Å². The van der Waals surface area contributed by atoms with Crippen molar-refractivity contribution in [1.29, 1.82) is 0 Å². The van der Waals surface area contributed by atoms with E-state index in [0.29, 0.717) is 5.02 Å². The van der Waals surface area contributed by atoms with E-state index in [9.17, 15) is 13.2 Å². The number of benzene rings is 1.